The molecule has 0 amide bonds. The van der Waals surface area contributed by atoms with Crippen LogP contribution in [0.2, 0.25) is 0 Å². The van der Waals surface area contributed by atoms with Gasteiger partial charge in [-0.25, -0.2) is 0 Å². The van der Waals surface area contributed by atoms with Gasteiger partial charge in [-0.2, -0.15) is 0 Å². The van der Waals surface area contributed by atoms with Crippen LogP contribution in [0, 0.1) is 12.8 Å². The molecule has 1 aromatic rings. The van der Waals surface area contributed by atoms with Crippen molar-refractivity contribution in [2.24, 2.45) is 5.92 Å². The Kier molecular flexibility index (Phi) is 3.79. The first-order valence-corrected chi connectivity index (χ1v) is 7.88. The zero-order valence-electron chi connectivity index (χ0n) is 12.4. The highest BCUT2D eigenvalue weighted by atomic mass is 15.3. The molecule has 104 valence electrons. The van der Waals surface area contributed by atoms with Crippen molar-refractivity contribution >= 4 is 5.69 Å². The van der Waals surface area contributed by atoms with E-state index in [0.29, 0.717) is 0 Å². The monoisotopic (exact) mass is 259 g/mol. The Morgan fingerprint density at radius 3 is 2.32 bits per heavy atom. The van der Waals surface area contributed by atoms with Crippen molar-refractivity contribution in [3.63, 3.8) is 0 Å². The Labute approximate surface area is 117 Å². The summed E-state index contributed by atoms with van der Waals surface area (Å²) in [7, 11) is 0. The Morgan fingerprint density at radius 1 is 1.05 bits per heavy atom. The largest absolute Gasteiger partial charge is 0.360 e. The fourth-order valence-electron chi connectivity index (χ4n) is 3.79. The molecule has 1 N–H and O–H groups in total. The minimum absolute atomic E-state index is 0.954. The number of aryl methyl sites for hydroxylation is 1. The highest BCUT2D eigenvalue weighted by molar-refractivity contribution is 5.47. The van der Waals surface area contributed by atoms with Gasteiger partial charge in [-0.1, -0.05) is 24.6 Å². The van der Waals surface area contributed by atoms with Crippen LogP contribution in [0.1, 0.15) is 31.7 Å². The van der Waals surface area contributed by atoms with E-state index in [1.807, 2.05) is 4.90 Å². The zero-order valence-corrected chi connectivity index (χ0v) is 12.4. The third kappa shape index (κ3) is 2.94. The molecule has 1 saturated heterocycles. The van der Waals surface area contributed by atoms with E-state index in [-0.39, 0.29) is 0 Å². The van der Waals surface area contributed by atoms with Crippen LogP contribution in [0.15, 0.2) is 24.3 Å². The van der Waals surface area contributed by atoms with Gasteiger partial charge in [0.05, 0.1) is 32.2 Å². The average Bonchev–Trinajstić information content (AvgIpc) is 2.87. The van der Waals surface area contributed by atoms with Gasteiger partial charge in [-0.3, -0.25) is 0 Å². The molecule has 2 aliphatic rings. The second-order valence-electron chi connectivity index (χ2n) is 6.60. The molecule has 3 rings (SSSR count). The van der Waals surface area contributed by atoms with Crippen molar-refractivity contribution in [2.75, 3.05) is 31.1 Å². The molecular formula is C17H27N2+. The molecule has 1 aromatic carbocycles. The second-order valence-corrected chi connectivity index (χ2v) is 6.60. The maximum atomic E-state index is 2.56. The summed E-state index contributed by atoms with van der Waals surface area (Å²) in [4.78, 5) is 4.43. The molecule has 0 bridgehead atoms. The summed E-state index contributed by atoms with van der Waals surface area (Å²) in [5.74, 6) is 0.965. The summed E-state index contributed by atoms with van der Waals surface area (Å²) in [5.41, 5.74) is 2.76. The normalized spacial score (nSPS) is 28.8. The smallest absolute Gasteiger partial charge is 0.0951 e. The van der Waals surface area contributed by atoms with E-state index in [9.17, 15) is 0 Å². The van der Waals surface area contributed by atoms with Crippen molar-refractivity contribution in [3.8, 4) is 0 Å². The minimum Gasteiger partial charge on any atom is -0.360 e. The van der Waals surface area contributed by atoms with Crippen LogP contribution >= 0.6 is 0 Å². The van der Waals surface area contributed by atoms with Gasteiger partial charge in [-0.15, -0.1) is 0 Å². The number of benzene rings is 1. The van der Waals surface area contributed by atoms with Crippen molar-refractivity contribution in [2.45, 2.75) is 39.2 Å². The summed E-state index contributed by atoms with van der Waals surface area (Å²) in [6.45, 7) is 9.68. The van der Waals surface area contributed by atoms with Crippen molar-refractivity contribution in [3.05, 3.63) is 29.8 Å². The molecule has 2 nitrogen and oxygen atoms in total. The summed E-state index contributed by atoms with van der Waals surface area (Å²) in [6.07, 6.45) is 4.37. The summed E-state index contributed by atoms with van der Waals surface area (Å²) < 4.78 is 0. The summed E-state index contributed by atoms with van der Waals surface area (Å²) >= 11 is 0. The van der Waals surface area contributed by atoms with E-state index in [2.05, 4.69) is 43.0 Å². The van der Waals surface area contributed by atoms with E-state index in [1.165, 1.54) is 56.7 Å². The Morgan fingerprint density at radius 2 is 1.74 bits per heavy atom. The fourth-order valence-corrected chi connectivity index (χ4v) is 3.79. The van der Waals surface area contributed by atoms with Gasteiger partial charge in [0.2, 0.25) is 0 Å². The number of nitrogens with zero attached hydrogens (tertiary/aromatic N) is 1. The van der Waals surface area contributed by atoms with Crippen molar-refractivity contribution < 1.29 is 4.90 Å². The number of piperazine rings is 1. The summed E-state index contributed by atoms with van der Waals surface area (Å²) in [5, 5.41) is 0. The molecule has 0 unspecified atom stereocenters. The Balaban J connectivity index is 1.56. The van der Waals surface area contributed by atoms with E-state index in [0.717, 1.165) is 12.0 Å². The predicted molar refractivity (Wildman–Crippen MR) is 80.9 cm³/mol. The number of hydrogen-bond donors (Lipinski definition) is 1. The molecule has 1 aliphatic carbocycles. The lowest BCUT2D eigenvalue weighted by molar-refractivity contribution is -0.925. The molecule has 2 atom stereocenters. The number of quaternary nitrogens is 1. The van der Waals surface area contributed by atoms with Gasteiger partial charge in [0.25, 0.3) is 0 Å². The van der Waals surface area contributed by atoms with Crippen molar-refractivity contribution in [1.82, 2.24) is 0 Å². The quantitative estimate of drug-likeness (QED) is 0.852. The van der Waals surface area contributed by atoms with E-state index in [1.54, 1.807) is 0 Å². The lowest BCUT2D eigenvalue weighted by Crippen LogP contribution is -3.18. The molecule has 19 heavy (non-hydrogen) atoms. The number of rotatable bonds is 2. The molecule has 2 fully saturated rings. The third-order valence-electron chi connectivity index (χ3n) is 5.08. The van der Waals surface area contributed by atoms with E-state index in [4.69, 9.17) is 0 Å². The van der Waals surface area contributed by atoms with Gasteiger partial charge < -0.3 is 9.80 Å². The first kappa shape index (κ1) is 13.0. The molecule has 0 aromatic heterocycles. The van der Waals surface area contributed by atoms with Crippen LogP contribution in [0.4, 0.5) is 5.69 Å². The Bertz CT molecular complexity index is 404. The van der Waals surface area contributed by atoms with Gasteiger partial charge in [-0.05, 0) is 37.8 Å². The first-order chi connectivity index (χ1) is 9.22. The van der Waals surface area contributed by atoms with Crippen LogP contribution in [-0.2, 0) is 0 Å². The molecule has 1 aliphatic heterocycles. The average molecular weight is 259 g/mol. The van der Waals surface area contributed by atoms with Crippen LogP contribution in [0.3, 0.4) is 0 Å². The van der Waals surface area contributed by atoms with E-state index < -0.39 is 0 Å². The van der Waals surface area contributed by atoms with Crippen LogP contribution < -0.4 is 9.80 Å². The zero-order chi connectivity index (χ0) is 13.2. The minimum atomic E-state index is 0.954. The predicted octanol–water partition coefficient (Wildman–Crippen LogP) is 1.89. The number of hydrogen-bond acceptors (Lipinski definition) is 1. The molecule has 1 saturated carbocycles. The molecule has 0 radical (unpaired) electrons. The Hall–Kier alpha value is -1.02. The van der Waals surface area contributed by atoms with Crippen LogP contribution in [0.25, 0.3) is 0 Å². The third-order valence-corrected chi connectivity index (χ3v) is 5.08. The fraction of sp³-hybridized carbons (Fsp3) is 0.647. The highest BCUT2D eigenvalue weighted by Crippen LogP contribution is 2.23. The van der Waals surface area contributed by atoms with Gasteiger partial charge in [0, 0.05) is 12.1 Å². The van der Waals surface area contributed by atoms with Crippen LogP contribution in [0.5, 0.6) is 0 Å². The van der Waals surface area contributed by atoms with Gasteiger partial charge in [0.15, 0.2) is 0 Å². The van der Waals surface area contributed by atoms with Crippen molar-refractivity contribution in [1.29, 1.82) is 0 Å². The molecule has 0 spiro atoms. The summed E-state index contributed by atoms with van der Waals surface area (Å²) in [6, 6.07) is 9.96. The first-order valence-electron chi connectivity index (χ1n) is 7.88. The molecule has 2 heteroatoms. The molecule has 1 heterocycles. The van der Waals surface area contributed by atoms with Gasteiger partial charge in [0.1, 0.15) is 0 Å². The van der Waals surface area contributed by atoms with Gasteiger partial charge >= 0.3 is 0 Å². The maximum absolute atomic E-state index is 2.56. The SMILES string of the molecule is Cc1ccc(N2CC[NH+]([C@H]3CC[C@@H](C)C3)CC2)cc1. The lowest BCUT2D eigenvalue weighted by atomic mass is 10.1. The van der Waals surface area contributed by atoms with E-state index >= 15 is 0 Å². The number of anilines is 1. The number of nitrogens with one attached hydrogen (secondary N) is 1. The second kappa shape index (κ2) is 5.54. The lowest BCUT2D eigenvalue weighted by Gasteiger charge is -2.36. The maximum Gasteiger partial charge on any atom is 0.0951 e. The topological polar surface area (TPSA) is 7.68 Å². The standard InChI is InChI=1S/C17H26N2/c1-14-3-6-16(7-4-14)18-9-11-19(12-10-18)17-8-5-15(2)13-17/h3-4,6-7,15,17H,5,8-13H2,1-2H3/p+1/t15-,17+/m1/s1. The molecular weight excluding hydrogens is 232 g/mol. The van der Waals surface area contributed by atoms with Crippen LogP contribution in [-0.4, -0.2) is 32.2 Å². The highest BCUT2D eigenvalue weighted by Gasteiger charge is 2.32.